The van der Waals surface area contributed by atoms with E-state index < -0.39 is 0 Å². The third kappa shape index (κ3) is 3.05. The molecule has 0 unspecified atom stereocenters. The van der Waals surface area contributed by atoms with Gasteiger partial charge in [0.15, 0.2) is 11.0 Å². The van der Waals surface area contributed by atoms with Gasteiger partial charge in [0, 0.05) is 24.4 Å². The number of aryl methyl sites for hydroxylation is 1. The van der Waals surface area contributed by atoms with Gasteiger partial charge in [0.1, 0.15) is 5.76 Å². The molecule has 0 saturated heterocycles. The predicted molar refractivity (Wildman–Crippen MR) is 90.8 cm³/mol. The molecule has 1 atom stereocenters. The van der Waals surface area contributed by atoms with E-state index in [0.717, 1.165) is 27.9 Å². The van der Waals surface area contributed by atoms with Crippen LogP contribution in [0, 0.1) is 17.0 Å². The zero-order chi connectivity index (χ0) is 17.3. The van der Waals surface area contributed by atoms with E-state index in [1.807, 2.05) is 37.6 Å². The summed E-state index contributed by atoms with van der Waals surface area (Å²) in [6.45, 7) is 3.86. The molecular formula is C16H16N4O3S. The van der Waals surface area contributed by atoms with Crippen LogP contribution in [0.25, 0.3) is 11.4 Å². The fourth-order valence-electron chi connectivity index (χ4n) is 2.39. The first-order chi connectivity index (χ1) is 11.5. The average Bonchev–Trinajstić information content (AvgIpc) is 3.14. The Bertz CT molecular complexity index is 887. The number of furan rings is 1. The number of thioether (sulfide) groups is 1. The summed E-state index contributed by atoms with van der Waals surface area (Å²) in [7, 11) is 1.89. The molecular weight excluding hydrogens is 328 g/mol. The Labute approximate surface area is 142 Å². The normalized spacial score (nSPS) is 12.3. The van der Waals surface area contributed by atoms with Gasteiger partial charge in [0.25, 0.3) is 5.69 Å². The quantitative estimate of drug-likeness (QED) is 0.393. The van der Waals surface area contributed by atoms with Gasteiger partial charge in [-0.15, -0.1) is 10.2 Å². The summed E-state index contributed by atoms with van der Waals surface area (Å²) in [5.74, 6) is 1.52. The van der Waals surface area contributed by atoms with E-state index in [1.54, 1.807) is 18.4 Å². The summed E-state index contributed by atoms with van der Waals surface area (Å²) in [5, 5.41) is 20.1. The van der Waals surface area contributed by atoms with Crippen LogP contribution in [0.2, 0.25) is 0 Å². The lowest BCUT2D eigenvalue weighted by Gasteiger charge is -2.11. The molecule has 7 nitrogen and oxygen atoms in total. The maximum atomic E-state index is 10.9. The monoisotopic (exact) mass is 344 g/mol. The Morgan fingerprint density at radius 3 is 2.79 bits per heavy atom. The number of aromatic nitrogens is 3. The van der Waals surface area contributed by atoms with Crippen LogP contribution in [0.15, 0.2) is 46.2 Å². The first-order valence-corrected chi connectivity index (χ1v) is 8.20. The van der Waals surface area contributed by atoms with Gasteiger partial charge >= 0.3 is 0 Å². The summed E-state index contributed by atoms with van der Waals surface area (Å²) in [5.41, 5.74) is 1.87. The lowest BCUT2D eigenvalue weighted by molar-refractivity contribution is -0.384. The number of rotatable bonds is 5. The van der Waals surface area contributed by atoms with Gasteiger partial charge in [0.05, 0.1) is 16.7 Å². The standard InChI is InChI=1S/C16H16N4O3S/c1-10-14(7-8-23-10)15-17-18-16(19(15)3)24-11(2)12-5-4-6-13(9-12)20(21)22/h4-9,11H,1-3H3/t11-/m0/s1. The highest BCUT2D eigenvalue weighted by atomic mass is 32.2. The molecule has 0 spiro atoms. The molecule has 8 heteroatoms. The predicted octanol–water partition coefficient (Wildman–Crippen LogP) is 4.15. The summed E-state index contributed by atoms with van der Waals surface area (Å²) < 4.78 is 7.22. The fraction of sp³-hybridized carbons (Fsp3) is 0.250. The minimum Gasteiger partial charge on any atom is -0.469 e. The van der Waals surface area contributed by atoms with Crippen LogP contribution in [-0.2, 0) is 7.05 Å². The number of benzene rings is 1. The van der Waals surface area contributed by atoms with Crippen LogP contribution in [-0.4, -0.2) is 19.7 Å². The Morgan fingerprint density at radius 2 is 2.12 bits per heavy atom. The van der Waals surface area contributed by atoms with Crippen molar-refractivity contribution >= 4 is 17.4 Å². The highest BCUT2D eigenvalue weighted by Crippen LogP contribution is 2.36. The molecule has 0 amide bonds. The van der Waals surface area contributed by atoms with Crippen molar-refractivity contribution < 1.29 is 9.34 Å². The topological polar surface area (TPSA) is 87.0 Å². The van der Waals surface area contributed by atoms with E-state index in [2.05, 4.69) is 10.2 Å². The number of non-ortho nitro benzene ring substituents is 1. The molecule has 3 aromatic rings. The molecule has 0 aliphatic heterocycles. The third-order valence-electron chi connectivity index (χ3n) is 3.77. The molecule has 1 aromatic carbocycles. The maximum Gasteiger partial charge on any atom is 0.269 e. The molecule has 124 valence electrons. The van der Waals surface area contributed by atoms with E-state index in [4.69, 9.17) is 4.42 Å². The van der Waals surface area contributed by atoms with Gasteiger partial charge in [-0.25, -0.2) is 0 Å². The summed E-state index contributed by atoms with van der Waals surface area (Å²) in [6.07, 6.45) is 1.62. The highest BCUT2D eigenvalue weighted by molar-refractivity contribution is 7.99. The highest BCUT2D eigenvalue weighted by Gasteiger charge is 2.18. The first kappa shape index (κ1) is 16.3. The summed E-state index contributed by atoms with van der Waals surface area (Å²) in [6, 6.07) is 8.51. The van der Waals surface area contributed by atoms with Crippen LogP contribution in [0.1, 0.15) is 23.5 Å². The van der Waals surface area contributed by atoms with E-state index in [9.17, 15) is 10.1 Å². The Hall–Kier alpha value is -2.61. The molecule has 0 radical (unpaired) electrons. The van der Waals surface area contributed by atoms with Crippen LogP contribution in [0.3, 0.4) is 0 Å². The third-order valence-corrected chi connectivity index (χ3v) is 4.96. The zero-order valence-corrected chi connectivity index (χ0v) is 14.3. The Kier molecular flexibility index (Phi) is 4.39. The second-order valence-electron chi connectivity index (χ2n) is 5.37. The van der Waals surface area contributed by atoms with Crippen LogP contribution < -0.4 is 0 Å². The number of hydrogen-bond donors (Lipinski definition) is 0. The molecule has 2 heterocycles. The number of nitrogens with zero attached hydrogens (tertiary/aromatic N) is 4. The van der Waals surface area contributed by atoms with Crippen LogP contribution in [0.4, 0.5) is 5.69 Å². The summed E-state index contributed by atoms with van der Waals surface area (Å²) in [4.78, 5) is 10.5. The van der Waals surface area contributed by atoms with Gasteiger partial charge in [0.2, 0.25) is 0 Å². The van der Waals surface area contributed by atoms with E-state index in [0.29, 0.717) is 0 Å². The second kappa shape index (κ2) is 6.48. The molecule has 0 fully saturated rings. The lowest BCUT2D eigenvalue weighted by Crippen LogP contribution is -1.97. The number of hydrogen-bond acceptors (Lipinski definition) is 6. The fourth-order valence-corrected chi connectivity index (χ4v) is 3.32. The van der Waals surface area contributed by atoms with Gasteiger partial charge in [-0.1, -0.05) is 23.9 Å². The largest absolute Gasteiger partial charge is 0.469 e. The van der Waals surface area contributed by atoms with Crippen molar-refractivity contribution in [3.05, 3.63) is 58.0 Å². The number of nitro benzene ring substituents is 1. The van der Waals surface area contributed by atoms with E-state index in [1.165, 1.54) is 17.8 Å². The van der Waals surface area contributed by atoms with Gasteiger partial charge in [-0.3, -0.25) is 10.1 Å². The Balaban J connectivity index is 1.84. The smallest absolute Gasteiger partial charge is 0.269 e. The van der Waals surface area contributed by atoms with Crippen molar-refractivity contribution in [1.82, 2.24) is 14.8 Å². The first-order valence-electron chi connectivity index (χ1n) is 7.32. The molecule has 0 aliphatic carbocycles. The molecule has 0 saturated carbocycles. The van der Waals surface area contributed by atoms with Crippen molar-refractivity contribution in [3.63, 3.8) is 0 Å². The van der Waals surface area contributed by atoms with E-state index in [-0.39, 0.29) is 15.9 Å². The number of nitro groups is 1. The molecule has 3 rings (SSSR count). The van der Waals surface area contributed by atoms with Gasteiger partial charge < -0.3 is 8.98 Å². The Morgan fingerprint density at radius 1 is 1.33 bits per heavy atom. The van der Waals surface area contributed by atoms with Gasteiger partial charge in [-0.2, -0.15) is 0 Å². The molecule has 0 N–H and O–H groups in total. The van der Waals surface area contributed by atoms with Gasteiger partial charge in [-0.05, 0) is 25.5 Å². The molecule has 0 bridgehead atoms. The van der Waals surface area contributed by atoms with Crippen LogP contribution >= 0.6 is 11.8 Å². The molecule has 0 aliphatic rings. The molecule has 24 heavy (non-hydrogen) atoms. The van der Waals surface area contributed by atoms with E-state index >= 15 is 0 Å². The minimum absolute atomic E-state index is 0.00565. The lowest BCUT2D eigenvalue weighted by atomic mass is 10.1. The van der Waals surface area contributed by atoms with Crippen molar-refractivity contribution in [3.8, 4) is 11.4 Å². The van der Waals surface area contributed by atoms with Crippen molar-refractivity contribution in [2.24, 2.45) is 7.05 Å². The summed E-state index contributed by atoms with van der Waals surface area (Å²) >= 11 is 1.50. The van der Waals surface area contributed by atoms with Crippen LogP contribution in [0.5, 0.6) is 0 Å². The van der Waals surface area contributed by atoms with Crippen molar-refractivity contribution in [2.45, 2.75) is 24.3 Å². The van der Waals surface area contributed by atoms with Crippen molar-refractivity contribution in [1.29, 1.82) is 0 Å². The second-order valence-corrected chi connectivity index (χ2v) is 6.68. The SMILES string of the molecule is Cc1occc1-c1nnc(S[C@@H](C)c2cccc([N+](=O)[O-])c2)n1C. The zero-order valence-electron chi connectivity index (χ0n) is 13.5. The molecule has 2 aromatic heterocycles. The van der Waals surface area contributed by atoms with Crippen molar-refractivity contribution in [2.75, 3.05) is 0 Å². The minimum atomic E-state index is -0.386. The average molecular weight is 344 g/mol. The maximum absolute atomic E-state index is 10.9.